The second-order valence-electron chi connectivity index (χ2n) is 6.40. The van der Waals surface area contributed by atoms with E-state index in [0.29, 0.717) is 68.6 Å². The van der Waals surface area contributed by atoms with Crippen LogP contribution in [-0.4, -0.2) is 54.6 Å². The van der Waals surface area contributed by atoms with Crippen LogP contribution in [0, 0.1) is 0 Å². The quantitative estimate of drug-likeness (QED) is 0.754. The van der Waals surface area contributed by atoms with Gasteiger partial charge in [-0.25, -0.2) is 9.97 Å². The topological polar surface area (TPSA) is 96.5 Å². The molecule has 3 rings (SSSR count). The third kappa shape index (κ3) is 5.26. The number of hydrogen-bond acceptors (Lipinski definition) is 6. The number of rotatable bonds is 7. The van der Waals surface area contributed by atoms with Crippen LogP contribution in [0.2, 0.25) is 0 Å². The lowest BCUT2D eigenvalue weighted by molar-refractivity contribution is -0.120. The van der Waals surface area contributed by atoms with Crippen molar-refractivity contribution in [1.82, 2.24) is 15.3 Å². The smallest absolute Gasteiger partial charge is 0.259 e. The second-order valence-corrected chi connectivity index (χ2v) is 6.40. The number of morpholine rings is 1. The Morgan fingerprint density at radius 2 is 1.93 bits per heavy atom. The highest BCUT2D eigenvalue weighted by molar-refractivity contribution is 6.04. The SMILES string of the molecule is CCC(=O)NCCc1nc(N2CCOCC2)ncc1C(=O)Nc1ccccc1. The Morgan fingerprint density at radius 1 is 1.18 bits per heavy atom. The minimum absolute atomic E-state index is 0.0299. The Bertz CT molecular complexity index is 807. The predicted octanol–water partition coefficient (Wildman–Crippen LogP) is 1.63. The third-order valence-corrected chi connectivity index (χ3v) is 4.43. The molecule has 8 nitrogen and oxygen atoms in total. The van der Waals surface area contributed by atoms with Crippen LogP contribution in [0.25, 0.3) is 0 Å². The third-order valence-electron chi connectivity index (χ3n) is 4.43. The van der Waals surface area contributed by atoms with Crippen LogP contribution in [0.4, 0.5) is 11.6 Å². The van der Waals surface area contributed by atoms with Gasteiger partial charge in [-0.05, 0) is 12.1 Å². The average molecular weight is 383 g/mol. The predicted molar refractivity (Wildman–Crippen MR) is 106 cm³/mol. The highest BCUT2D eigenvalue weighted by Crippen LogP contribution is 2.16. The van der Waals surface area contributed by atoms with Crippen LogP contribution in [0.15, 0.2) is 36.5 Å². The highest BCUT2D eigenvalue weighted by atomic mass is 16.5. The van der Waals surface area contributed by atoms with Crippen LogP contribution in [0.5, 0.6) is 0 Å². The number of hydrogen-bond donors (Lipinski definition) is 2. The van der Waals surface area contributed by atoms with E-state index in [1.165, 1.54) is 0 Å². The highest BCUT2D eigenvalue weighted by Gasteiger charge is 2.19. The van der Waals surface area contributed by atoms with Gasteiger partial charge in [-0.2, -0.15) is 0 Å². The van der Waals surface area contributed by atoms with Gasteiger partial charge in [0.25, 0.3) is 5.91 Å². The summed E-state index contributed by atoms with van der Waals surface area (Å²) in [6.45, 7) is 4.89. The molecule has 1 aromatic heterocycles. The lowest BCUT2D eigenvalue weighted by atomic mass is 10.1. The number of ether oxygens (including phenoxy) is 1. The molecule has 2 heterocycles. The van der Waals surface area contributed by atoms with E-state index in [1.54, 1.807) is 13.1 Å². The Balaban J connectivity index is 1.79. The maximum absolute atomic E-state index is 12.8. The van der Waals surface area contributed by atoms with Crippen LogP contribution in [-0.2, 0) is 16.0 Å². The monoisotopic (exact) mass is 383 g/mol. The van der Waals surface area contributed by atoms with Crippen LogP contribution in [0.3, 0.4) is 0 Å². The number of nitrogens with zero attached hydrogens (tertiary/aromatic N) is 3. The van der Waals surface area contributed by atoms with Gasteiger partial charge in [0.1, 0.15) is 0 Å². The number of carbonyl (C=O) groups is 2. The van der Waals surface area contributed by atoms with E-state index in [0.717, 1.165) is 0 Å². The number of benzene rings is 1. The standard InChI is InChI=1S/C20H25N5O3/c1-2-18(26)21-9-8-17-16(19(27)23-15-6-4-3-5-7-15)14-22-20(24-17)25-10-12-28-13-11-25/h3-7,14H,2,8-13H2,1H3,(H,21,26)(H,23,27). The molecule has 1 saturated heterocycles. The summed E-state index contributed by atoms with van der Waals surface area (Å²) in [6.07, 6.45) is 2.43. The first-order valence-electron chi connectivity index (χ1n) is 9.49. The number of para-hydroxylation sites is 1. The van der Waals surface area contributed by atoms with Gasteiger partial charge in [0.05, 0.1) is 24.5 Å². The molecule has 0 aliphatic carbocycles. The zero-order chi connectivity index (χ0) is 19.8. The number of carbonyl (C=O) groups excluding carboxylic acids is 2. The molecule has 28 heavy (non-hydrogen) atoms. The van der Waals surface area contributed by atoms with E-state index < -0.39 is 0 Å². The molecule has 148 valence electrons. The zero-order valence-electron chi connectivity index (χ0n) is 16.0. The minimum Gasteiger partial charge on any atom is -0.378 e. The molecule has 2 N–H and O–H groups in total. The number of nitrogens with one attached hydrogen (secondary N) is 2. The van der Waals surface area contributed by atoms with Crippen LogP contribution < -0.4 is 15.5 Å². The van der Waals surface area contributed by atoms with Gasteiger partial charge in [0, 0.05) is 44.4 Å². The van der Waals surface area contributed by atoms with Gasteiger partial charge < -0.3 is 20.3 Å². The lowest BCUT2D eigenvalue weighted by Gasteiger charge is -2.27. The molecule has 0 saturated carbocycles. The fourth-order valence-electron chi connectivity index (χ4n) is 2.87. The number of anilines is 2. The van der Waals surface area contributed by atoms with Gasteiger partial charge >= 0.3 is 0 Å². The molecule has 8 heteroatoms. The number of aromatic nitrogens is 2. The fraction of sp³-hybridized carbons (Fsp3) is 0.400. The van der Waals surface area contributed by atoms with E-state index in [4.69, 9.17) is 4.74 Å². The lowest BCUT2D eigenvalue weighted by Crippen LogP contribution is -2.37. The molecule has 0 bridgehead atoms. The minimum atomic E-state index is -0.267. The average Bonchev–Trinajstić information content (AvgIpc) is 2.74. The first-order valence-corrected chi connectivity index (χ1v) is 9.49. The Morgan fingerprint density at radius 3 is 2.64 bits per heavy atom. The molecule has 2 amide bonds. The fourth-order valence-corrected chi connectivity index (χ4v) is 2.87. The van der Waals surface area contributed by atoms with E-state index in [9.17, 15) is 9.59 Å². The van der Waals surface area contributed by atoms with Crippen molar-refractivity contribution in [3.8, 4) is 0 Å². The maximum atomic E-state index is 12.8. The first-order chi connectivity index (χ1) is 13.7. The van der Waals surface area contributed by atoms with Crippen molar-refractivity contribution in [3.63, 3.8) is 0 Å². The zero-order valence-corrected chi connectivity index (χ0v) is 16.0. The van der Waals surface area contributed by atoms with E-state index in [1.807, 2.05) is 35.2 Å². The van der Waals surface area contributed by atoms with Gasteiger partial charge in [-0.15, -0.1) is 0 Å². The largest absolute Gasteiger partial charge is 0.378 e. The van der Waals surface area contributed by atoms with E-state index in [-0.39, 0.29) is 11.8 Å². The molecule has 1 aromatic carbocycles. The van der Waals surface area contributed by atoms with Gasteiger partial charge in [-0.3, -0.25) is 9.59 Å². The normalized spacial score (nSPS) is 13.8. The van der Waals surface area contributed by atoms with Gasteiger partial charge in [-0.1, -0.05) is 25.1 Å². The first kappa shape index (κ1) is 19.8. The summed E-state index contributed by atoms with van der Waals surface area (Å²) in [5.41, 5.74) is 1.72. The molecule has 1 aliphatic rings. The maximum Gasteiger partial charge on any atom is 0.259 e. The summed E-state index contributed by atoms with van der Waals surface area (Å²) in [4.78, 5) is 35.4. The number of amides is 2. The summed E-state index contributed by atoms with van der Waals surface area (Å²) in [7, 11) is 0. The van der Waals surface area contributed by atoms with Crippen molar-refractivity contribution in [1.29, 1.82) is 0 Å². The summed E-state index contributed by atoms with van der Waals surface area (Å²) in [5, 5.41) is 5.70. The molecular weight excluding hydrogens is 358 g/mol. The van der Waals surface area contributed by atoms with Crippen molar-refractivity contribution in [3.05, 3.63) is 47.8 Å². The Labute approximate surface area is 164 Å². The van der Waals surface area contributed by atoms with Crippen molar-refractivity contribution in [2.45, 2.75) is 19.8 Å². The molecular formula is C20H25N5O3. The Hall–Kier alpha value is -3.00. The van der Waals surface area contributed by atoms with Crippen molar-refractivity contribution >= 4 is 23.5 Å². The van der Waals surface area contributed by atoms with Crippen molar-refractivity contribution in [2.75, 3.05) is 43.1 Å². The van der Waals surface area contributed by atoms with Crippen LogP contribution >= 0.6 is 0 Å². The van der Waals surface area contributed by atoms with E-state index >= 15 is 0 Å². The molecule has 0 unspecified atom stereocenters. The van der Waals surface area contributed by atoms with E-state index in [2.05, 4.69) is 20.6 Å². The summed E-state index contributed by atoms with van der Waals surface area (Å²) < 4.78 is 5.37. The van der Waals surface area contributed by atoms with Crippen molar-refractivity contribution in [2.24, 2.45) is 0 Å². The van der Waals surface area contributed by atoms with Gasteiger partial charge in [0.2, 0.25) is 11.9 Å². The molecule has 1 fully saturated rings. The summed E-state index contributed by atoms with van der Waals surface area (Å²) in [5.74, 6) is 0.283. The summed E-state index contributed by atoms with van der Waals surface area (Å²) >= 11 is 0. The molecule has 0 spiro atoms. The van der Waals surface area contributed by atoms with Gasteiger partial charge in [0.15, 0.2) is 0 Å². The molecule has 0 radical (unpaired) electrons. The van der Waals surface area contributed by atoms with Crippen molar-refractivity contribution < 1.29 is 14.3 Å². The second kappa shape index (κ2) is 9.80. The molecule has 0 atom stereocenters. The Kier molecular flexibility index (Phi) is 6.91. The summed E-state index contributed by atoms with van der Waals surface area (Å²) in [6, 6.07) is 9.24. The molecule has 1 aliphatic heterocycles. The van der Waals surface area contributed by atoms with Crippen LogP contribution in [0.1, 0.15) is 29.4 Å². The molecule has 2 aromatic rings.